The number of hydrogen-bond donors (Lipinski definition) is 0. The number of carbonyl (C=O) groups excluding carboxylic acids is 1. The molecule has 1 heterocycles. The quantitative estimate of drug-likeness (QED) is 0.764. The number of rotatable bonds is 5. The summed E-state index contributed by atoms with van der Waals surface area (Å²) in [5, 5.41) is 0.590. The molecule has 1 aliphatic rings. The van der Waals surface area contributed by atoms with Crippen LogP contribution in [-0.4, -0.2) is 43.2 Å². The van der Waals surface area contributed by atoms with Crippen LogP contribution < -0.4 is 0 Å². The third kappa shape index (κ3) is 4.18. The second kappa shape index (κ2) is 8.00. The van der Waals surface area contributed by atoms with Gasteiger partial charge in [0.05, 0.1) is 4.90 Å². The maximum Gasteiger partial charge on any atom is 0.243 e. The zero-order valence-corrected chi connectivity index (χ0v) is 17.0. The predicted molar refractivity (Wildman–Crippen MR) is 106 cm³/mol. The molecule has 27 heavy (non-hydrogen) atoms. The molecule has 1 fully saturated rings. The zero-order chi connectivity index (χ0) is 19.6. The summed E-state index contributed by atoms with van der Waals surface area (Å²) in [6.07, 6.45) is 1.19. The van der Waals surface area contributed by atoms with E-state index >= 15 is 0 Å². The fourth-order valence-electron chi connectivity index (χ4n) is 3.33. The molecule has 0 radical (unpaired) electrons. The number of nitrogens with zero attached hydrogens (tertiary/aromatic N) is 2. The number of sulfonamides is 1. The van der Waals surface area contributed by atoms with Crippen molar-refractivity contribution < 1.29 is 13.2 Å². The van der Waals surface area contributed by atoms with Crippen LogP contribution in [-0.2, 0) is 21.4 Å². The number of hydrogen-bond acceptors (Lipinski definition) is 3. The largest absolute Gasteiger partial charge is 0.340 e. The highest BCUT2D eigenvalue weighted by molar-refractivity contribution is 7.89. The molecule has 0 saturated carbocycles. The summed E-state index contributed by atoms with van der Waals surface area (Å²) in [7, 11) is -2.02. The summed E-state index contributed by atoms with van der Waals surface area (Å²) in [6.45, 7) is 2.60. The van der Waals surface area contributed by atoms with Crippen LogP contribution in [0.2, 0.25) is 5.02 Å². The van der Waals surface area contributed by atoms with Crippen molar-refractivity contribution in [1.82, 2.24) is 9.21 Å². The van der Waals surface area contributed by atoms with Gasteiger partial charge in [0.1, 0.15) is 6.04 Å². The average Bonchev–Trinajstić information content (AvgIpc) is 3.14. The molecule has 0 spiro atoms. The van der Waals surface area contributed by atoms with Gasteiger partial charge in [0.25, 0.3) is 0 Å². The molecule has 144 valence electrons. The normalized spacial score (nSPS) is 17.8. The Morgan fingerprint density at radius 2 is 1.85 bits per heavy atom. The van der Waals surface area contributed by atoms with Gasteiger partial charge in [-0.1, -0.05) is 47.5 Å². The van der Waals surface area contributed by atoms with E-state index in [0.29, 0.717) is 31.0 Å². The molecule has 1 aliphatic heterocycles. The van der Waals surface area contributed by atoms with Crippen LogP contribution in [0.15, 0.2) is 53.4 Å². The Balaban J connectivity index is 1.80. The van der Waals surface area contributed by atoms with E-state index in [9.17, 15) is 13.2 Å². The topological polar surface area (TPSA) is 57.7 Å². The van der Waals surface area contributed by atoms with Crippen molar-refractivity contribution in [2.45, 2.75) is 37.2 Å². The van der Waals surface area contributed by atoms with Crippen molar-refractivity contribution in [2.24, 2.45) is 0 Å². The number of amides is 1. The van der Waals surface area contributed by atoms with Crippen molar-refractivity contribution in [3.8, 4) is 0 Å². The lowest BCUT2D eigenvalue weighted by atomic mass is 10.1. The molecule has 2 aromatic rings. The third-order valence-corrected chi connectivity index (χ3v) is 7.15. The molecule has 0 aromatic heterocycles. The van der Waals surface area contributed by atoms with Gasteiger partial charge in [0.2, 0.25) is 15.9 Å². The smallest absolute Gasteiger partial charge is 0.243 e. The van der Waals surface area contributed by atoms with E-state index in [4.69, 9.17) is 11.6 Å². The highest BCUT2D eigenvalue weighted by atomic mass is 35.5. The lowest BCUT2D eigenvalue weighted by Gasteiger charge is -2.27. The summed E-state index contributed by atoms with van der Waals surface area (Å²) in [5.41, 5.74) is 1.82. The molecular formula is C20H23ClN2O3S. The van der Waals surface area contributed by atoms with Crippen molar-refractivity contribution in [1.29, 1.82) is 0 Å². The highest BCUT2D eigenvalue weighted by Crippen LogP contribution is 2.28. The Kier molecular flexibility index (Phi) is 5.89. The summed E-state index contributed by atoms with van der Waals surface area (Å²) >= 11 is 6.18. The van der Waals surface area contributed by atoms with Crippen LogP contribution in [0.5, 0.6) is 0 Å². The Morgan fingerprint density at radius 3 is 2.52 bits per heavy atom. The fraction of sp³-hybridized carbons (Fsp3) is 0.350. The molecule has 1 atom stereocenters. The van der Waals surface area contributed by atoms with E-state index in [2.05, 4.69) is 0 Å². The predicted octanol–water partition coefficient (Wildman–Crippen LogP) is 3.46. The van der Waals surface area contributed by atoms with Crippen LogP contribution in [0.3, 0.4) is 0 Å². The SMILES string of the molecule is Cc1ccc(S(=O)(=O)N2CCCC2C(=O)N(C)Cc2ccccc2Cl)cc1. The van der Waals surface area contributed by atoms with Gasteiger partial charge in [-0.25, -0.2) is 8.42 Å². The van der Waals surface area contributed by atoms with Gasteiger partial charge in [-0.05, 0) is 43.5 Å². The Bertz CT molecular complexity index is 928. The van der Waals surface area contributed by atoms with Gasteiger partial charge in [-0.15, -0.1) is 0 Å². The Hall–Kier alpha value is -1.89. The van der Waals surface area contributed by atoms with E-state index in [1.165, 1.54) is 4.31 Å². The van der Waals surface area contributed by atoms with E-state index in [0.717, 1.165) is 11.1 Å². The van der Waals surface area contributed by atoms with E-state index in [-0.39, 0.29) is 10.8 Å². The minimum atomic E-state index is -3.70. The number of likely N-dealkylation sites (N-methyl/N-ethyl adjacent to an activating group) is 1. The molecular weight excluding hydrogens is 384 g/mol. The van der Waals surface area contributed by atoms with Gasteiger partial charge in [-0.2, -0.15) is 4.31 Å². The number of aryl methyl sites for hydroxylation is 1. The molecule has 1 amide bonds. The number of benzene rings is 2. The summed E-state index contributed by atoms with van der Waals surface area (Å²) in [5.74, 6) is -0.205. The first-order chi connectivity index (χ1) is 12.8. The third-order valence-electron chi connectivity index (χ3n) is 4.86. The molecule has 7 heteroatoms. The first-order valence-corrected chi connectivity index (χ1v) is 10.7. The monoisotopic (exact) mass is 406 g/mol. The van der Waals surface area contributed by atoms with Crippen LogP contribution in [0.4, 0.5) is 0 Å². The molecule has 0 aliphatic carbocycles. The van der Waals surface area contributed by atoms with Crippen molar-refractivity contribution in [3.63, 3.8) is 0 Å². The number of halogens is 1. The molecule has 2 aromatic carbocycles. The second-order valence-corrected chi connectivity index (χ2v) is 9.17. The van der Waals surface area contributed by atoms with Crippen LogP contribution in [0.1, 0.15) is 24.0 Å². The molecule has 0 bridgehead atoms. The lowest BCUT2D eigenvalue weighted by Crippen LogP contribution is -2.46. The van der Waals surface area contributed by atoms with E-state index in [1.54, 1.807) is 42.3 Å². The first kappa shape index (κ1) is 19.9. The molecule has 3 rings (SSSR count). The average molecular weight is 407 g/mol. The van der Waals surface area contributed by atoms with Crippen LogP contribution >= 0.6 is 11.6 Å². The maximum atomic E-state index is 13.0. The van der Waals surface area contributed by atoms with Gasteiger partial charge in [0.15, 0.2) is 0 Å². The molecule has 1 unspecified atom stereocenters. The van der Waals surface area contributed by atoms with Crippen molar-refractivity contribution in [2.75, 3.05) is 13.6 Å². The van der Waals surface area contributed by atoms with Gasteiger partial charge in [-0.3, -0.25) is 4.79 Å². The zero-order valence-electron chi connectivity index (χ0n) is 15.4. The summed E-state index contributed by atoms with van der Waals surface area (Å²) in [6, 6.07) is 13.4. The second-order valence-electron chi connectivity index (χ2n) is 6.87. The van der Waals surface area contributed by atoms with Crippen molar-refractivity contribution in [3.05, 3.63) is 64.7 Å². The Morgan fingerprint density at radius 1 is 1.19 bits per heavy atom. The minimum absolute atomic E-state index is 0.205. The van der Waals surface area contributed by atoms with Gasteiger partial charge in [0, 0.05) is 25.2 Å². The highest BCUT2D eigenvalue weighted by Gasteiger charge is 2.40. The number of carbonyl (C=O) groups is 1. The van der Waals surface area contributed by atoms with E-state index < -0.39 is 16.1 Å². The lowest BCUT2D eigenvalue weighted by molar-refractivity contribution is -0.133. The van der Waals surface area contributed by atoms with Gasteiger partial charge >= 0.3 is 0 Å². The first-order valence-electron chi connectivity index (χ1n) is 8.87. The fourth-order valence-corrected chi connectivity index (χ4v) is 5.18. The van der Waals surface area contributed by atoms with Crippen LogP contribution in [0, 0.1) is 6.92 Å². The minimum Gasteiger partial charge on any atom is -0.340 e. The molecule has 0 N–H and O–H groups in total. The van der Waals surface area contributed by atoms with E-state index in [1.807, 2.05) is 25.1 Å². The summed E-state index contributed by atoms with van der Waals surface area (Å²) in [4.78, 5) is 14.8. The molecule has 5 nitrogen and oxygen atoms in total. The van der Waals surface area contributed by atoms with Crippen LogP contribution in [0.25, 0.3) is 0 Å². The summed E-state index contributed by atoms with van der Waals surface area (Å²) < 4.78 is 27.4. The Labute approximate surface area is 165 Å². The maximum absolute atomic E-state index is 13.0. The van der Waals surface area contributed by atoms with Crippen molar-refractivity contribution >= 4 is 27.5 Å². The standard InChI is InChI=1S/C20H23ClN2O3S/c1-15-9-11-17(12-10-15)27(25,26)23-13-5-8-19(23)20(24)22(2)14-16-6-3-4-7-18(16)21/h3-4,6-7,9-12,19H,5,8,13-14H2,1-2H3. The molecule has 1 saturated heterocycles. The van der Waals surface area contributed by atoms with Gasteiger partial charge < -0.3 is 4.90 Å².